The Morgan fingerprint density at radius 2 is 1.85 bits per heavy atom. The van der Waals surface area contributed by atoms with Gasteiger partial charge in [0.15, 0.2) is 12.0 Å². The van der Waals surface area contributed by atoms with Crippen molar-refractivity contribution >= 4 is 51.9 Å². The summed E-state index contributed by atoms with van der Waals surface area (Å²) in [4.78, 5) is 33.4. The molecule has 0 aliphatic carbocycles. The summed E-state index contributed by atoms with van der Waals surface area (Å²) >= 11 is 1.50. The van der Waals surface area contributed by atoms with Gasteiger partial charge in [0.1, 0.15) is 5.52 Å². The fourth-order valence-corrected chi connectivity index (χ4v) is 4.75. The molecule has 9 heteroatoms. The van der Waals surface area contributed by atoms with Crippen molar-refractivity contribution in [2.75, 3.05) is 35.8 Å². The maximum Gasteiger partial charge on any atom is 0.323 e. The van der Waals surface area contributed by atoms with E-state index in [1.165, 1.54) is 18.2 Å². The quantitative estimate of drug-likeness (QED) is 0.423. The summed E-state index contributed by atoms with van der Waals surface area (Å²) in [5.41, 5.74) is 3.94. The Morgan fingerprint density at radius 3 is 2.70 bits per heavy atom. The number of oxazole rings is 1. The van der Waals surface area contributed by atoms with E-state index in [1.54, 1.807) is 36.3 Å². The number of carbonyl (C=O) groups is 2. The van der Waals surface area contributed by atoms with Crippen molar-refractivity contribution in [2.24, 2.45) is 0 Å². The number of fused-ring (bicyclic) bond motifs is 3. The number of urea groups is 1. The number of benzene rings is 3. The zero-order valence-electron chi connectivity index (χ0n) is 17.7. The Balaban J connectivity index is 1.40. The minimum absolute atomic E-state index is 0.0735. The number of anilines is 3. The van der Waals surface area contributed by atoms with Crippen molar-refractivity contribution in [3.8, 4) is 0 Å². The molecule has 0 spiro atoms. The van der Waals surface area contributed by atoms with Crippen LogP contribution in [-0.2, 0) is 4.74 Å². The van der Waals surface area contributed by atoms with E-state index in [4.69, 9.17) is 9.15 Å². The van der Waals surface area contributed by atoms with Gasteiger partial charge in [-0.3, -0.25) is 4.79 Å². The summed E-state index contributed by atoms with van der Waals surface area (Å²) in [6.45, 7) is 0.839. The van der Waals surface area contributed by atoms with Gasteiger partial charge in [-0.2, -0.15) is 0 Å². The van der Waals surface area contributed by atoms with Gasteiger partial charge in [-0.25, -0.2) is 9.78 Å². The first-order valence-electron chi connectivity index (χ1n) is 10.3. The van der Waals surface area contributed by atoms with E-state index >= 15 is 0 Å². The number of nitrogens with zero attached hydrogens (tertiary/aromatic N) is 2. The van der Waals surface area contributed by atoms with Crippen LogP contribution in [0.3, 0.4) is 0 Å². The maximum atomic E-state index is 13.2. The fraction of sp³-hybridized carbons (Fsp3) is 0.125. The van der Waals surface area contributed by atoms with Gasteiger partial charge < -0.3 is 24.7 Å². The van der Waals surface area contributed by atoms with Gasteiger partial charge in [-0.1, -0.05) is 23.9 Å². The lowest BCUT2D eigenvalue weighted by Crippen LogP contribution is -2.33. The van der Waals surface area contributed by atoms with Gasteiger partial charge in [-0.05, 0) is 48.5 Å². The van der Waals surface area contributed by atoms with Gasteiger partial charge in [0.05, 0.1) is 17.9 Å². The normalized spacial score (nSPS) is 12.8. The van der Waals surface area contributed by atoms with Crippen LogP contribution in [0.2, 0.25) is 0 Å². The van der Waals surface area contributed by atoms with Crippen LogP contribution in [-0.4, -0.2) is 37.2 Å². The first-order valence-corrected chi connectivity index (χ1v) is 11.1. The fourth-order valence-electron chi connectivity index (χ4n) is 3.64. The number of aromatic nitrogens is 1. The van der Waals surface area contributed by atoms with E-state index < -0.39 is 0 Å². The summed E-state index contributed by atoms with van der Waals surface area (Å²) < 4.78 is 10.4. The van der Waals surface area contributed by atoms with Crippen molar-refractivity contribution in [1.29, 1.82) is 0 Å². The molecule has 4 aromatic rings. The first kappa shape index (κ1) is 21.0. The molecule has 2 heterocycles. The molecule has 3 aromatic carbocycles. The van der Waals surface area contributed by atoms with Crippen molar-refractivity contribution in [3.63, 3.8) is 0 Å². The van der Waals surface area contributed by atoms with Crippen molar-refractivity contribution in [1.82, 2.24) is 4.98 Å². The molecule has 0 radical (unpaired) electrons. The molecule has 3 amide bonds. The molecule has 166 valence electrons. The lowest BCUT2D eigenvalue weighted by molar-refractivity contribution is 0.0973. The van der Waals surface area contributed by atoms with Gasteiger partial charge in [0, 0.05) is 34.8 Å². The topological polar surface area (TPSA) is 96.7 Å². The Morgan fingerprint density at radius 1 is 1.06 bits per heavy atom. The first-order chi connectivity index (χ1) is 16.1. The Bertz CT molecular complexity index is 1350. The molecular weight excluding hydrogens is 440 g/mol. The number of hydrogen-bond donors (Lipinski definition) is 2. The minimum atomic E-state index is -0.385. The molecule has 1 aliphatic rings. The average Bonchev–Trinajstić information content (AvgIpc) is 3.24. The molecule has 5 rings (SSSR count). The molecule has 0 unspecified atom stereocenters. The highest BCUT2D eigenvalue weighted by Crippen LogP contribution is 2.42. The van der Waals surface area contributed by atoms with E-state index in [0.717, 1.165) is 15.5 Å². The van der Waals surface area contributed by atoms with Crippen molar-refractivity contribution in [3.05, 3.63) is 72.6 Å². The van der Waals surface area contributed by atoms with Crippen molar-refractivity contribution < 1.29 is 18.7 Å². The number of ether oxygens (including phenoxy) is 1. The van der Waals surface area contributed by atoms with E-state index in [9.17, 15) is 9.59 Å². The van der Waals surface area contributed by atoms with Gasteiger partial charge in [-0.15, -0.1) is 0 Å². The summed E-state index contributed by atoms with van der Waals surface area (Å²) in [5, 5.41) is 5.67. The number of carbonyl (C=O) groups excluding carboxylic acids is 2. The van der Waals surface area contributed by atoms with E-state index in [-0.39, 0.29) is 11.9 Å². The second-order valence-corrected chi connectivity index (χ2v) is 8.43. The highest BCUT2D eigenvalue weighted by Gasteiger charge is 2.27. The summed E-state index contributed by atoms with van der Waals surface area (Å²) in [6, 6.07) is 17.9. The van der Waals surface area contributed by atoms with E-state index in [2.05, 4.69) is 15.6 Å². The zero-order chi connectivity index (χ0) is 22.8. The number of nitrogens with one attached hydrogen (secondary N) is 2. The van der Waals surface area contributed by atoms with Crippen LogP contribution in [0, 0.1) is 0 Å². The predicted molar refractivity (Wildman–Crippen MR) is 127 cm³/mol. The molecular formula is C24H20N4O4S. The van der Waals surface area contributed by atoms with Crippen LogP contribution in [0.4, 0.5) is 21.9 Å². The van der Waals surface area contributed by atoms with Crippen LogP contribution < -0.4 is 15.5 Å². The van der Waals surface area contributed by atoms with Gasteiger partial charge in [0.25, 0.3) is 5.91 Å². The molecule has 1 aliphatic heterocycles. The van der Waals surface area contributed by atoms with Gasteiger partial charge in [0.2, 0.25) is 0 Å². The summed E-state index contributed by atoms with van der Waals surface area (Å²) in [5.74, 6) is -0.0735. The standard InChI is InChI=1S/C24H20N4O4S/c1-31-11-10-28-19-8-6-16(13-22(19)33-21-5-3-2-4-17(21)23(28)29)27-24(30)26-15-7-9-20-18(12-15)25-14-32-20/h2-9,12-14H,10-11H2,1H3,(H2,26,27,30). The predicted octanol–water partition coefficient (Wildman–Crippen LogP) is 5.23. The highest BCUT2D eigenvalue weighted by molar-refractivity contribution is 7.99. The lowest BCUT2D eigenvalue weighted by atomic mass is 10.1. The third-order valence-corrected chi connectivity index (χ3v) is 6.32. The van der Waals surface area contributed by atoms with Crippen LogP contribution in [0.5, 0.6) is 0 Å². The summed E-state index contributed by atoms with van der Waals surface area (Å²) in [6.07, 6.45) is 1.36. The number of amides is 3. The van der Waals surface area contributed by atoms with Crippen LogP contribution in [0.15, 0.2) is 81.3 Å². The SMILES string of the molecule is COCCN1C(=O)c2ccccc2Sc2cc(NC(=O)Nc3ccc4ocnc4c3)ccc21. The highest BCUT2D eigenvalue weighted by atomic mass is 32.2. The largest absolute Gasteiger partial charge is 0.443 e. The molecule has 2 N–H and O–H groups in total. The lowest BCUT2D eigenvalue weighted by Gasteiger charge is -2.23. The molecule has 8 nitrogen and oxygen atoms in total. The third-order valence-electron chi connectivity index (χ3n) is 5.20. The number of methoxy groups -OCH3 is 1. The smallest absolute Gasteiger partial charge is 0.323 e. The Labute approximate surface area is 193 Å². The molecule has 0 fully saturated rings. The second kappa shape index (κ2) is 8.97. The summed E-state index contributed by atoms with van der Waals surface area (Å²) in [7, 11) is 1.61. The molecule has 0 saturated carbocycles. The van der Waals surface area contributed by atoms with Gasteiger partial charge >= 0.3 is 6.03 Å². The molecule has 0 bridgehead atoms. The third kappa shape index (κ3) is 4.28. The van der Waals surface area contributed by atoms with Crippen LogP contribution in [0.25, 0.3) is 11.1 Å². The molecule has 0 saturated heterocycles. The van der Waals surface area contributed by atoms with Crippen molar-refractivity contribution in [2.45, 2.75) is 9.79 Å². The Hall–Kier alpha value is -3.82. The molecule has 33 heavy (non-hydrogen) atoms. The monoisotopic (exact) mass is 460 g/mol. The number of hydrogen-bond acceptors (Lipinski definition) is 6. The maximum absolute atomic E-state index is 13.2. The average molecular weight is 461 g/mol. The number of rotatable bonds is 5. The Kier molecular flexibility index (Phi) is 5.72. The molecule has 0 atom stereocenters. The van der Waals surface area contributed by atoms with E-state index in [0.29, 0.717) is 41.2 Å². The van der Waals surface area contributed by atoms with Crippen LogP contribution in [0.1, 0.15) is 10.4 Å². The van der Waals surface area contributed by atoms with Crippen LogP contribution >= 0.6 is 11.8 Å². The zero-order valence-corrected chi connectivity index (χ0v) is 18.5. The second-order valence-electron chi connectivity index (χ2n) is 7.34. The molecule has 1 aromatic heterocycles. The minimum Gasteiger partial charge on any atom is -0.443 e. The van der Waals surface area contributed by atoms with E-state index in [1.807, 2.05) is 36.4 Å².